The molecule has 0 saturated heterocycles. The van der Waals surface area contributed by atoms with Gasteiger partial charge in [-0.25, -0.2) is 4.79 Å². The number of amides is 1. The quantitative estimate of drug-likeness (QED) is 0.662. The van der Waals surface area contributed by atoms with Crippen LogP contribution >= 0.6 is 0 Å². The second-order valence-electron chi connectivity index (χ2n) is 6.88. The molecule has 5 nitrogen and oxygen atoms in total. The molecular formula is C23H24N2O3. The normalized spacial score (nSPS) is 11.7. The fraction of sp³-hybridized carbons (Fsp3) is 0.217. The van der Waals surface area contributed by atoms with Crippen LogP contribution in [0.5, 0.6) is 0 Å². The lowest BCUT2D eigenvalue weighted by molar-refractivity contribution is -0.124. The zero-order valence-electron chi connectivity index (χ0n) is 16.3. The van der Waals surface area contributed by atoms with Crippen LogP contribution in [-0.4, -0.2) is 32.6 Å². The summed E-state index contributed by atoms with van der Waals surface area (Å²) in [6.45, 7) is 1.60. The number of hydrogen-bond acceptors (Lipinski definition) is 4. The second-order valence-corrected chi connectivity index (χ2v) is 6.88. The Morgan fingerprint density at radius 3 is 2.50 bits per heavy atom. The minimum absolute atomic E-state index is 0.200. The number of nitrogens with one attached hydrogen (secondary N) is 1. The third-order valence-electron chi connectivity index (χ3n) is 4.60. The molecule has 0 spiro atoms. The van der Waals surface area contributed by atoms with E-state index in [2.05, 4.69) is 5.32 Å². The minimum Gasteiger partial charge on any atom is -0.452 e. The van der Waals surface area contributed by atoms with Gasteiger partial charge in [0, 0.05) is 19.8 Å². The predicted octanol–water partition coefficient (Wildman–Crippen LogP) is 3.94. The number of nitrogens with zero attached hydrogens (tertiary/aromatic N) is 1. The number of ether oxygens (including phenoxy) is 1. The molecule has 3 aromatic rings. The lowest BCUT2D eigenvalue weighted by Crippen LogP contribution is -2.31. The Hall–Kier alpha value is -3.34. The minimum atomic E-state index is -0.517. The van der Waals surface area contributed by atoms with Crippen LogP contribution in [0.15, 0.2) is 66.7 Å². The van der Waals surface area contributed by atoms with Gasteiger partial charge in [-0.3, -0.25) is 4.79 Å². The summed E-state index contributed by atoms with van der Waals surface area (Å²) in [5.41, 5.74) is 2.33. The van der Waals surface area contributed by atoms with Crippen molar-refractivity contribution in [2.24, 2.45) is 0 Å². The summed E-state index contributed by atoms with van der Waals surface area (Å²) in [4.78, 5) is 26.4. The summed E-state index contributed by atoms with van der Waals surface area (Å²) in [5.74, 6) is -0.853. The average molecular weight is 376 g/mol. The number of esters is 1. The monoisotopic (exact) mass is 376 g/mol. The van der Waals surface area contributed by atoms with E-state index in [1.165, 1.54) is 0 Å². The van der Waals surface area contributed by atoms with Crippen LogP contribution in [-0.2, 0) is 9.53 Å². The summed E-state index contributed by atoms with van der Waals surface area (Å²) in [7, 11) is 3.79. The van der Waals surface area contributed by atoms with Gasteiger partial charge in [0.1, 0.15) is 0 Å². The first-order valence-corrected chi connectivity index (χ1v) is 9.17. The maximum absolute atomic E-state index is 12.3. The molecule has 0 aliphatic heterocycles. The highest BCUT2D eigenvalue weighted by Gasteiger charge is 2.15. The molecule has 0 unspecified atom stereocenters. The van der Waals surface area contributed by atoms with Gasteiger partial charge < -0.3 is 15.0 Å². The molecule has 144 valence electrons. The van der Waals surface area contributed by atoms with Crippen molar-refractivity contribution >= 4 is 28.3 Å². The molecule has 1 N–H and O–H groups in total. The Morgan fingerprint density at radius 2 is 1.71 bits per heavy atom. The van der Waals surface area contributed by atoms with Crippen LogP contribution in [0.3, 0.4) is 0 Å². The van der Waals surface area contributed by atoms with Crippen molar-refractivity contribution in [3.05, 3.63) is 77.9 Å². The summed E-state index contributed by atoms with van der Waals surface area (Å²) in [6.07, 6.45) is 0. The van der Waals surface area contributed by atoms with Crippen molar-refractivity contribution in [2.75, 3.05) is 25.6 Å². The van der Waals surface area contributed by atoms with E-state index in [1.54, 1.807) is 18.2 Å². The summed E-state index contributed by atoms with van der Waals surface area (Å²) in [5, 5.41) is 5.11. The maximum atomic E-state index is 12.3. The molecule has 28 heavy (non-hydrogen) atoms. The molecule has 1 atom stereocenters. The van der Waals surface area contributed by atoms with Crippen molar-refractivity contribution < 1.29 is 14.3 Å². The number of hydrogen-bond donors (Lipinski definition) is 1. The van der Waals surface area contributed by atoms with E-state index in [1.807, 2.05) is 74.4 Å². The number of benzene rings is 3. The topological polar surface area (TPSA) is 58.6 Å². The first kappa shape index (κ1) is 19.4. The molecule has 0 aromatic heterocycles. The highest BCUT2D eigenvalue weighted by Crippen LogP contribution is 2.24. The van der Waals surface area contributed by atoms with Gasteiger partial charge in [0.2, 0.25) is 0 Å². The largest absolute Gasteiger partial charge is 0.452 e. The molecule has 0 aliphatic carbocycles. The number of anilines is 1. The Kier molecular flexibility index (Phi) is 5.94. The predicted molar refractivity (Wildman–Crippen MR) is 112 cm³/mol. The van der Waals surface area contributed by atoms with Gasteiger partial charge in [0.25, 0.3) is 5.91 Å². The third-order valence-corrected chi connectivity index (χ3v) is 4.60. The zero-order chi connectivity index (χ0) is 20.1. The van der Waals surface area contributed by atoms with Crippen LogP contribution in [0, 0.1) is 0 Å². The van der Waals surface area contributed by atoms with Crippen LogP contribution < -0.4 is 10.2 Å². The van der Waals surface area contributed by atoms with Crippen LogP contribution in [0.2, 0.25) is 0 Å². The van der Waals surface area contributed by atoms with Crippen LogP contribution in [0.4, 0.5) is 5.69 Å². The molecule has 0 radical (unpaired) electrons. The van der Waals surface area contributed by atoms with E-state index in [0.29, 0.717) is 5.56 Å². The summed E-state index contributed by atoms with van der Waals surface area (Å²) < 4.78 is 5.18. The molecule has 1 amide bonds. The Labute approximate surface area is 164 Å². The number of carbonyl (C=O) groups excluding carboxylic acids is 2. The standard InChI is InChI=1S/C23H24N2O3/c1-16(20-13-7-9-17-8-4-5-12-21(17)20)24-22(26)15-28-23(27)18-10-6-11-19(14-18)25(2)3/h4-14,16H,15H2,1-3H3,(H,24,26)/t16-/m1/s1. The second kappa shape index (κ2) is 8.57. The van der Waals surface area contributed by atoms with Crippen molar-refractivity contribution in [2.45, 2.75) is 13.0 Å². The van der Waals surface area contributed by atoms with Crippen LogP contribution in [0.25, 0.3) is 10.8 Å². The molecule has 0 aliphatic rings. The highest BCUT2D eigenvalue weighted by atomic mass is 16.5. The van der Waals surface area contributed by atoms with Gasteiger partial charge >= 0.3 is 5.97 Å². The molecule has 3 rings (SSSR count). The average Bonchev–Trinajstić information content (AvgIpc) is 2.71. The Balaban J connectivity index is 1.61. The zero-order valence-corrected chi connectivity index (χ0v) is 16.3. The summed E-state index contributed by atoms with van der Waals surface area (Å²) in [6, 6.07) is 20.9. The van der Waals surface area contributed by atoms with Gasteiger partial charge in [-0.1, -0.05) is 48.5 Å². The van der Waals surface area contributed by atoms with Gasteiger partial charge in [0.15, 0.2) is 6.61 Å². The van der Waals surface area contributed by atoms with E-state index in [-0.39, 0.29) is 18.6 Å². The Bertz CT molecular complexity index is 993. The van der Waals surface area contributed by atoms with E-state index < -0.39 is 5.97 Å². The maximum Gasteiger partial charge on any atom is 0.338 e. The number of rotatable bonds is 6. The SMILES string of the molecule is C[C@@H](NC(=O)COC(=O)c1cccc(N(C)C)c1)c1cccc2ccccc12. The van der Waals surface area contributed by atoms with Crippen molar-refractivity contribution in [1.29, 1.82) is 0 Å². The lowest BCUT2D eigenvalue weighted by Gasteiger charge is -2.17. The van der Waals surface area contributed by atoms with Crippen LogP contribution in [0.1, 0.15) is 28.9 Å². The molecule has 5 heteroatoms. The molecule has 3 aromatic carbocycles. The van der Waals surface area contributed by atoms with E-state index >= 15 is 0 Å². The van der Waals surface area contributed by atoms with E-state index in [0.717, 1.165) is 22.0 Å². The first-order valence-electron chi connectivity index (χ1n) is 9.17. The number of carbonyl (C=O) groups is 2. The molecular weight excluding hydrogens is 352 g/mol. The fourth-order valence-corrected chi connectivity index (χ4v) is 3.11. The molecule has 0 heterocycles. The molecule has 0 bridgehead atoms. The lowest BCUT2D eigenvalue weighted by atomic mass is 10.00. The van der Waals surface area contributed by atoms with E-state index in [9.17, 15) is 9.59 Å². The number of fused-ring (bicyclic) bond motifs is 1. The summed E-state index contributed by atoms with van der Waals surface area (Å²) >= 11 is 0. The fourth-order valence-electron chi connectivity index (χ4n) is 3.11. The van der Waals surface area contributed by atoms with Gasteiger partial charge in [-0.05, 0) is 41.5 Å². The van der Waals surface area contributed by atoms with E-state index in [4.69, 9.17) is 4.74 Å². The smallest absolute Gasteiger partial charge is 0.338 e. The van der Waals surface area contributed by atoms with Gasteiger partial charge in [0.05, 0.1) is 11.6 Å². The van der Waals surface area contributed by atoms with Crippen molar-refractivity contribution in [3.63, 3.8) is 0 Å². The van der Waals surface area contributed by atoms with Crippen molar-refractivity contribution in [3.8, 4) is 0 Å². The van der Waals surface area contributed by atoms with Gasteiger partial charge in [-0.2, -0.15) is 0 Å². The molecule has 0 saturated carbocycles. The highest BCUT2D eigenvalue weighted by molar-refractivity contribution is 5.92. The Morgan fingerprint density at radius 1 is 1.00 bits per heavy atom. The molecule has 0 fully saturated rings. The van der Waals surface area contributed by atoms with Crippen molar-refractivity contribution in [1.82, 2.24) is 5.32 Å². The third kappa shape index (κ3) is 4.49. The van der Waals surface area contributed by atoms with Gasteiger partial charge in [-0.15, -0.1) is 0 Å². The first-order chi connectivity index (χ1) is 13.5.